The summed E-state index contributed by atoms with van der Waals surface area (Å²) in [6.07, 6.45) is 0.105. The third kappa shape index (κ3) is 3.56. The Kier molecular flexibility index (Phi) is 5.50. The van der Waals surface area contributed by atoms with Crippen LogP contribution in [0.25, 0.3) is 10.7 Å². The normalized spacial score (nSPS) is 19.8. The third-order valence-corrected chi connectivity index (χ3v) is 3.92. The standard InChI is InChI=1S/C12H16N4O2S.ClH/c13-6-9-7-16(3-4-17-9)8-11-14-12(15-18-11)10-2-1-5-19-10;/h1-2,5,9H,3-4,6-8,13H2;1H. The van der Waals surface area contributed by atoms with Crippen molar-refractivity contribution < 1.29 is 9.26 Å². The van der Waals surface area contributed by atoms with Crippen molar-refractivity contribution in [2.45, 2.75) is 12.6 Å². The van der Waals surface area contributed by atoms with Gasteiger partial charge in [0.2, 0.25) is 11.7 Å². The van der Waals surface area contributed by atoms with Gasteiger partial charge in [0, 0.05) is 19.6 Å². The zero-order valence-corrected chi connectivity index (χ0v) is 12.5. The summed E-state index contributed by atoms with van der Waals surface area (Å²) in [6.45, 7) is 3.58. The highest BCUT2D eigenvalue weighted by molar-refractivity contribution is 7.13. The Labute approximate surface area is 127 Å². The molecule has 3 heterocycles. The van der Waals surface area contributed by atoms with Crippen LogP contribution in [-0.4, -0.2) is 47.4 Å². The monoisotopic (exact) mass is 316 g/mol. The van der Waals surface area contributed by atoms with Crippen molar-refractivity contribution in [1.82, 2.24) is 15.0 Å². The quantitative estimate of drug-likeness (QED) is 0.918. The molecule has 0 saturated carbocycles. The molecule has 20 heavy (non-hydrogen) atoms. The number of halogens is 1. The fourth-order valence-electron chi connectivity index (χ4n) is 2.08. The number of aromatic nitrogens is 2. The van der Waals surface area contributed by atoms with Crippen LogP contribution in [0.2, 0.25) is 0 Å². The summed E-state index contributed by atoms with van der Waals surface area (Å²) in [6, 6.07) is 3.96. The lowest BCUT2D eigenvalue weighted by atomic mass is 10.2. The molecule has 1 saturated heterocycles. The van der Waals surface area contributed by atoms with E-state index in [4.69, 9.17) is 15.0 Å². The van der Waals surface area contributed by atoms with Crippen molar-refractivity contribution in [2.75, 3.05) is 26.2 Å². The van der Waals surface area contributed by atoms with E-state index in [1.807, 2.05) is 17.5 Å². The van der Waals surface area contributed by atoms with Gasteiger partial charge in [-0.25, -0.2) is 0 Å². The summed E-state index contributed by atoms with van der Waals surface area (Å²) in [5, 5.41) is 6.00. The fourth-order valence-corrected chi connectivity index (χ4v) is 2.73. The molecule has 0 aliphatic carbocycles. The maximum absolute atomic E-state index is 5.63. The number of thiophene rings is 1. The molecule has 1 unspecified atom stereocenters. The molecule has 2 N–H and O–H groups in total. The molecule has 0 amide bonds. The van der Waals surface area contributed by atoms with E-state index in [-0.39, 0.29) is 18.5 Å². The van der Waals surface area contributed by atoms with Gasteiger partial charge in [0.05, 0.1) is 24.1 Å². The molecule has 8 heteroatoms. The third-order valence-electron chi connectivity index (χ3n) is 3.05. The minimum Gasteiger partial charge on any atom is -0.374 e. The molecule has 1 aliphatic rings. The van der Waals surface area contributed by atoms with Crippen molar-refractivity contribution in [3.8, 4) is 10.7 Å². The van der Waals surface area contributed by atoms with Crippen LogP contribution in [0.5, 0.6) is 0 Å². The van der Waals surface area contributed by atoms with Gasteiger partial charge >= 0.3 is 0 Å². The molecule has 0 radical (unpaired) electrons. The van der Waals surface area contributed by atoms with Gasteiger partial charge < -0.3 is 15.0 Å². The average molecular weight is 317 g/mol. The lowest BCUT2D eigenvalue weighted by Crippen LogP contribution is -2.45. The van der Waals surface area contributed by atoms with Crippen molar-refractivity contribution in [3.05, 3.63) is 23.4 Å². The predicted molar refractivity (Wildman–Crippen MR) is 78.9 cm³/mol. The van der Waals surface area contributed by atoms with Gasteiger partial charge in [0.25, 0.3) is 0 Å². The minimum atomic E-state index is 0. The summed E-state index contributed by atoms with van der Waals surface area (Å²) in [4.78, 5) is 7.67. The van der Waals surface area contributed by atoms with Crippen LogP contribution in [0.15, 0.2) is 22.0 Å². The molecule has 2 aromatic rings. The molecule has 110 valence electrons. The molecule has 6 nitrogen and oxygen atoms in total. The lowest BCUT2D eigenvalue weighted by molar-refractivity contribution is -0.0288. The molecular formula is C12H17ClN4O2S. The number of ether oxygens (including phenoxy) is 1. The SMILES string of the molecule is Cl.NCC1CN(Cc2nc(-c3cccs3)no2)CCO1. The van der Waals surface area contributed by atoms with E-state index < -0.39 is 0 Å². The Morgan fingerprint density at radius 3 is 3.15 bits per heavy atom. The largest absolute Gasteiger partial charge is 0.374 e. The second kappa shape index (κ2) is 7.14. The highest BCUT2D eigenvalue weighted by atomic mass is 35.5. The summed E-state index contributed by atoms with van der Waals surface area (Å²) >= 11 is 1.60. The van der Waals surface area contributed by atoms with Crippen LogP contribution >= 0.6 is 23.7 Å². The van der Waals surface area contributed by atoms with Crippen molar-refractivity contribution in [1.29, 1.82) is 0 Å². The van der Waals surface area contributed by atoms with Crippen LogP contribution in [0, 0.1) is 0 Å². The van der Waals surface area contributed by atoms with E-state index in [0.717, 1.165) is 18.0 Å². The summed E-state index contributed by atoms with van der Waals surface area (Å²) in [5.41, 5.74) is 5.63. The molecule has 0 spiro atoms. The molecule has 1 fully saturated rings. The number of rotatable bonds is 4. The number of morpholine rings is 1. The van der Waals surface area contributed by atoms with Gasteiger partial charge in [-0.05, 0) is 11.4 Å². The van der Waals surface area contributed by atoms with Crippen molar-refractivity contribution >= 4 is 23.7 Å². The number of hydrogen-bond donors (Lipinski definition) is 1. The van der Waals surface area contributed by atoms with Crippen molar-refractivity contribution in [3.63, 3.8) is 0 Å². The van der Waals surface area contributed by atoms with Crippen LogP contribution in [0.1, 0.15) is 5.89 Å². The lowest BCUT2D eigenvalue weighted by Gasteiger charge is -2.31. The summed E-state index contributed by atoms with van der Waals surface area (Å²) in [7, 11) is 0. The first kappa shape index (κ1) is 15.4. The predicted octanol–water partition coefficient (Wildman–Crippen LogP) is 1.38. The van der Waals surface area contributed by atoms with E-state index >= 15 is 0 Å². The van der Waals surface area contributed by atoms with E-state index in [2.05, 4.69) is 15.0 Å². The minimum absolute atomic E-state index is 0. The first-order valence-electron chi connectivity index (χ1n) is 6.25. The van der Waals surface area contributed by atoms with E-state index in [0.29, 0.717) is 31.4 Å². The Hall–Kier alpha value is -0.990. The topological polar surface area (TPSA) is 77.4 Å². The van der Waals surface area contributed by atoms with Crippen LogP contribution in [0.4, 0.5) is 0 Å². The zero-order valence-electron chi connectivity index (χ0n) is 10.9. The van der Waals surface area contributed by atoms with E-state index in [9.17, 15) is 0 Å². The average Bonchev–Trinajstić information content (AvgIpc) is 3.09. The van der Waals surface area contributed by atoms with Crippen LogP contribution < -0.4 is 5.73 Å². The van der Waals surface area contributed by atoms with Gasteiger partial charge in [0.1, 0.15) is 0 Å². The maximum atomic E-state index is 5.63. The molecule has 2 aromatic heterocycles. The molecule has 1 aliphatic heterocycles. The highest BCUT2D eigenvalue weighted by Gasteiger charge is 2.21. The highest BCUT2D eigenvalue weighted by Crippen LogP contribution is 2.21. The van der Waals surface area contributed by atoms with E-state index in [1.165, 1.54) is 0 Å². The Balaban J connectivity index is 0.00000147. The molecule has 1 atom stereocenters. The number of nitrogens with zero attached hydrogens (tertiary/aromatic N) is 3. The van der Waals surface area contributed by atoms with Crippen molar-refractivity contribution in [2.24, 2.45) is 5.73 Å². The Morgan fingerprint density at radius 1 is 1.50 bits per heavy atom. The first-order valence-corrected chi connectivity index (χ1v) is 7.13. The second-order valence-corrected chi connectivity index (χ2v) is 5.40. The van der Waals surface area contributed by atoms with Gasteiger partial charge in [-0.2, -0.15) is 4.98 Å². The van der Waals surface area contributed by atoms with Crippen LogP contribution in [0.3, 0.4) is 0 Å². The molecular weight excluding hydrogens is 300 g/mol. The summed E-state index contributed by atoms with van der Waals surface area (Å²) in [5.74, 6) is 1.30. The van der Waals surface area contributed by atoms with Gasteiger partial charge in [0.15, 0.2) is 0 Å². The Morgan fingerprint density at radius 2 is 2.40 bits per heavy atom. The molecule has 0 aromatic carbocycles. The smallest absolute Gasteiger partial charge is 0.241 e. The Bertz CT molecular complexity index is 519. The van der Waals surface area contributed by atoms with E-state index in [1.54, 1.807) is 11.3 Å². The zero-order chi connectivity index (χ0) is 13.1. The van der Waals surface area contributed by atoms with Gasteiger partial charge in [-0.1, -0.05) is 11.2 Å². The maximum Gasteiger partial charge on any atom is 0.241 e. The number of nitrogens with two attached hydrogens (primary N) is 1. The van der Waals surface area contributed by atoms with Gasteiger partial charge in [-0.15, -0.1) is 23.7 Å². The number of hydrogen-bond acceptors (Lipinski definition) is 7. The van der Waals surface area contributed by atoms with Crippen LogP contribution in [-0.2, 0) is 11.3 Å². The first-order chi connectivity index (χ1) is 9.35. The molecule has 3 rings (SSSR count). The molecule has 0 bridgehead atoms. The second-order valence-electron chi connectivity index (χ2n) is 4.45. The fraction of sp³-hybridized carbons (Fsp3) is 0.500. The summed E-state index contributed by atoms with van der Waals surface area (Å²) < 4.78 is 10.8. The van der Waals surface area contributed by atoms with Gasteiger partial charge in [-0.3, -0.25) is 4.90 Å².